The molecule has 4 heterocycles. The highest BCUT2D eigenvalue weighted by atomic mass is 32.1. The van der Waals surface area contributed by atoms with Crippen LogP contribution in [-0.2, 0) is 12.8 Å². The zero-order valence-corrected chi connectivity index (χ0v) is 20.0. The fraction of sp³-hybridized carbons (Fsp3) is 0.346. The lowest BCUT2D eigenvalue weighted by Crippen LogP contribution is -2.41. The van der Waals surface area contributed by atoms with E-state index in [1.807, 2.05) is 22.7 Å². The van der Waals surface area contributed by atoms with E-state index in [9.17, 15) is 0 Å². The molecule has 0 amide bonds. The molecular formula is C26H29N3S2. The van der Waals surface area contributed by atoms with E-state index in [0.29, 0.717) is 5.92 Å². The molecule has 1 saturated heterocycles. The van der Waals surface area contributed by atoms with Crippen LogP contribution in [0.15, 0.2) is 65.3 Å². The summed E-state index contributed by atoms with van der Waals surface area (Å²) in [6, 6.07) is 20.1. The highest BCUT2D eigenvalue weighted by Crippen LogP contribution is 2.45. The van der Waals surface area contributed by atoms with Gasteiger partial charge in [0, 0.05) is 38.5 Å². The number of likely N-dealkylation sites (N-methyl/N-ethyl adjacent to an activating group) is 1. The summed E-state index contributed by atoms with van der Waals surface area (Å²) in [5, 5.41) is 7.56. The van der Waals surface area contributed by atoms with E-state index in [1.54, 1.807) is 0 Å². The molecule has 2 aliphatic rings. The van der Waals surface area contributed by atoms with Gasteiger partial charge in [0.1, 0.15) is 0 Å². The highest BCUT2D eigenvalue weighted by Gasteiger charge is 2.44. The number of aryl methyl sites for hydroxylation is 2. The first-order valence-corrected chi connectivity index (χ1v) is 12.8. The van der Waals surface area contributed by atoms with Gasteiger partial charge in [0.25, 0.3) is 0 Å². The second-order valence-electron chi connectivity index (χ2n) is 8.40. The number of thiophene rings is 2. The van der Waals surface area contributed by atoms with Gasteiger partial charge >= 0.3 is 0 Å². The van der Waals surface area contributed by atoms with Gasteiger partial charge in [-0.25, -0.2) is 0 Å². The van der Waals surface area contributed by atoms with E-state index in [4.69, 9.17) is 5.10 Å². The number of benzene rings is 1. The Morgan fingerprint density at radius 3 is 2.42 bits per heavy atom. The summed E-state index contributed by atoms with van der Waals surface area (Å²) in [5.74, 6) is 0.374. The lowest BCUT2D eigenvalue weighted by molar-refractivity contribution is 0.304. The summed E-state index contributed by atoms with van der Waals surface area (Å²) in [5.41, 5.74) is 3.80. The van der Waals surface area contributed by atoms with E-state index in [2.05, 4.69) is 91.5 Å². The van der Waals surface area contributed by atoms with Gasteiger partial charge in [0.2, 0.25) is 0 Å². The Morgan fingerprint density at radius 1 is 0.968 bits per heavy atom. The van der Waals surface area contributed by atoms with E-state index >= 15 is 0 Å². The summed E-state index contributed by atoms with van der Waals surface area (Å²) in [7, 11) is 2.24. The Labute approximate surface area is 193 Å². The van der Waals surface area contributed by atoms with Crippen LogP contribution in [0, 0.1) is 5.92 Å². The molecule has 2 unspecified atom stereocenters. The maximum Gasteiger partial charge on any atom is 0.0964 e. The molecule has 1 aromatic carbocycles. The fourth-order valence-electron chi connectivity index (χ4n) is 4.65. The summed E-state index contributed by atoms with van der Waals surface area (Å²) in [6.45, 7) is 6.45. The van der Waals surface area contributed by atoms with Crippen LogP contribution in [0.4, 0.5) is 5.69 Å². The molecule has 2 aromatic heterocycles. The van der Waals surface area contributed by atoms with Crippen molar-refractivity contribution in [3.05, 3.63) is 79.7 Å². The molecule has 3 aromatic rings. The average molecular weight is 448 g/mol. The Hall–Kier alpha value is -2.21. The van der Waals surface area contributed by atoms with E-state index in [0.717, 1.165) is 25.9 Å². The van der Waals surface area contributed by atoms with Crippen molar-refractivity contribution in [1.82, 2.24) is 4.90 Å². The van der Waals surface area contributed by atoms with Crippen molar-refractivity contribution in [3.63, 3.8) is 0 Å². The van der Waals surface area contributed by atoms with Crippen LogP contribution in [0.25, 0.3) is 6.08 Å². The van der Waals surface area contributed by atoms with Gasteiger partial charge < -0.3 is 4.90 Å². The number of fused-ring (bicyclic) bond motifs is 1. The third-order valence-corrected chi connectivity index (χ3v) is 8.66. The molecule has 0 bridgehead atoms. The maximum absolute atomic E-state index is 5.28. The normalized spacial score (nSPS) is 22.7. The van der Waals surface area contributed by atoms with Crippen molar-refractivity contribution in [1.29, 1.82) is 0 Å². The molecule has 0 radical (unpaired) electrons. The maximum atomic E-state index is 5.28. The summed E-state index contributed by atoms with van der Waals surface area (Å²) in [6.07, 6.45) is 4.56. The molecule has 2 aliphatic heterocycles. The Bertz CT molecular complexity index is 1110. The number of anilines is 1. The van der Waals surface area contributed by atoms with Crippen molar-refractivity contribution in [2.75, 3.05) is 25.1 Å². The van der Waals surface area contributed by atoms with Crippen LogP contribution >= 0.6 is 22.7 Å². The first-order chi connectivity index (χ1) is 15.2. The van der Waals surface area contributed by atoms with Gasteiger partial charge in [0.05, 0.1) is 17.4 Å². The number of hydrogen-bond acceptors (Lipinski definition) is 5. The molecule has 160 valence electrons. The average Bonchev–Trinajstić information content (AvgIpc) is 3.52. The van der Waals surface area contributed by atoms with Crippen molar-refractivity contribution < 1.29 is 0 Å². The second kappa shape index (κ2) is 8.73. The molecule has 3 nitrogen and oxygen atoms in total. The quantitative estimate of drug-likeness (QED) is 0.445. The number of hydrazone groups is 1. The largest absolute Gasteiger partial charge is 0.301 e. The SMILES string of the molecule is CCc1ccc(/C=C2\CN(C)CC3C2=NN(c2ccccc2)C3c2ccc(CC)s2)s1. The van der Waals surface area contributed by atoms with Crippen molar-refractivity contribution >= 4 is 40.1 Å². The topological polar surface area (TPSA) is 18.8 Å². The monoisotopic (exact) mass is 447 g/mol. The van der Waals surface area contributed by atoms with Crippen molar-refractivity contribution in [2.24, 2.45) is 11.0 Å². The Balaban J connectivity index is 1.58. The van der Waals surface area contributed by atoms with Crippen molar-refractivity contribution in [3.8, 4) is 0 Å². The third-order valence-electron chi connectivity index (χ3n) is 6.18. The van der Waals surface area contributed by atoms with Crippen LogP contribution in [0.5, 0.6) is 0 Å². The number of para-hydroxylation sites is 1. The fourth-order valence-corrected chi connectivity index (χ4v) is 6.67. The van der Waals surface area contributed by atoms with Gasteiger partial charge in [0.15, 0.2) is 0 Å². The Morgan fingerprint density at radius 2 is 1.71 bits per heavy atom. The first-order valence-electron chi connectivity index (χ1n) is 11.2. The van der Waals surface area contributed by atoms with E-state index in [1.165, 1.54) is 36.5 Å². The lowest BCUT2D eigenvalue weighted by atomic mass is 9.86. The lowest BCUT2D eigenvalue weighted by Gasteiger charge is -2.34. The van der Waals surface area contributed by atoms with Crippen LogP contribution in [0.1, 0.15) is 39.4 Å². The van der Waals surface area contributed by atoms with E-state index < -0.39 is 0 Å². The zero-order valence-electron chi connectivity index (χ0n) is 18.4. The van der Waals surface area contributed by atoms with Crippen molar-refractivity contribution in [2.45, 2.75) is 32.7 Å². The predicted octanol–water partition coefficient (Wildman–Crippen LogP) is 6.50. The van der Waals surface area contributed by atoms with Crippen LogP contribution in [0.2, 0.25) is 0 Å². The smallest absolute Gasteiger partial charge is 0.0964 e. The molecule has 0 aliphatic carbocycles. The molecule has 5 rings (SSSR count). The molecule has 2 atom stereocenters. The summed E-state index contributed by atoms with van der Waals surface area (Å²) in [4.78, 5) is 8.10. The van der Waals surface area contributed by atoms with Gasteiger partial charge in [-0.05, 0) is 67.9 Å². The third kappa shape index (κ3) is 4.02. The second-order valence-corrected chi connectivity index (χ2v) is 10.8. The number of hydrogen-bond donors (Lipinski definition) is 0. The minimum absolute atomic E-state index is 0.253. The van der Waals surface area contributed by atoms with Crippen LogP contribution in [-0.4, -0.2) is 30.7 Å². The molecule has 0 saturated carbocycles. The molecular weight excluding hydrogens is 418 g/mol. The molecule has 0 spiro atoms. The standard InChI is InChI=1S/C26H29N3S2/c1-4-20-11-12-22(30-20)15-18-16-28(3)17-23-25(18)27-29(19-9-7-6-8-10-19)26(23)24-14-13-21(5-2)31-24/h6-15,23,26H,4-5,16-17H2,1-3H3/b18-15+. The summed E-state index contributed by atoms with van der Waals surface area (Å²) < 4.78 is 0. The Kier molecular flexibility index (Phi) is 5.83. The van der Waals surface area contributed by atoms with Gasteiger partial charge in [-0.3, -0.25) is 5.01 Å². The molecule has 0 N–H and O–H groups in total. The number of likely N-dealkylation sites (tertiary alicyclic amines) is 1. The summed E-state index contributed by atoms with van der Waals surface area (Å²) >= 11 is 3.85. The number of rotatable bonds is 5. The van der Waals surface area contributed by atoms with Crippen LogP contribution in [0.3, 0.4) is 0 Å². The van der Waals surface area contributed by atoms with E-state index in [-0.39, 0.29) is 6.04 Å². The predicted molar refractivity (Wildman–Crippen MR) is 135 cm³/mol. The minimum atomic E-state index is 0.253. The van der Waals surface area contributed by atoms with Gasteiger partial charge in [-0.15, -0.1) is 22.7 Å². The molecule has 31 heavy (non-hydrogen) atoms. The van der Waals surface area contributed by atoms with Gasteiger partial charge in [-0.2, -0.15) is 5.10 Å². The minimum Gasteiger partial charge on any atom is -0.301 e. The molecule has 1 fully saturated rings. The highest BCUT2D eigenvalue weighted by molar-refractivity contribution is 7.13. The number of piperidine rings is 1. The first kappa shape index (κ1) is 20.7. The number of nitrogens with zero attached hydrogens (tertiary/aromatic N) is 3. The van der Waals surface area contributed by atoms with Gasteiger partial charge in [-0.1, -0.05) is 32.0 Å². The zero-order chi connectivity index (χ0) is 21.4. The van der Waals surface area contributed by atoms with Crippen LogP contribution < -0.4 is 5.01 Å². The molecule has 5 heteroatoms.